The minimum absolute atomic E-state index is 0.220. The van der Waals surface area contributed by atoms with Crippen LogP contribution in [-0.2, 0) is 0 Å². The molecular formula is C14H18N2OS. The molecule has 0 aliphatic heterocycles. The molecule has 0 fully saturated rings. The fourth-order valence-electron chi connectivity index (χ4n) is 2.01. The lowest BCUT2D eigenvalue weighted by Gasteiger charge is -2.20. The lowest BCUT2D eigenvalue weighted by Crippen LogP contribution is -2.23. The Bertz CT molecular complexity index is 484. The van der Waals surface area contributed by atoms with Crippen molar-refractivity contribution in [3.05, 3.63) is 46.4 Å². The molecule has 0 aliphatic carbocycles. The highest BCUT2D eigenvalue weighted by atomic mass is 32.1. The molecular weight excluding hydrogens is 244 g/mol. The van der Waals surface area contributed by atoms with Crippen molar-refractivity contribution >= 4 is 11.3 Å². The zero-order chi connectivity index (χ0) is 13.0. The number of hydrogen-bond acceptors (Lipinski definition) is 4. The van der Waals surface area contributed by atoms with Crippen molar-refractivity contribution < 1.29 is 4.74 Å². The second-order valence-electron chi connectivity index (χ2n) is 4.27. The average molecular weight is 262 g/mol. The van der Waals surface area contributed by atoms with E-state index < -0.39 is 0 Å². The van der Waals surface area contributed by atoms with Gasteiger partial charge in [0.2, 0.25) is 0 Å². The lowest BCUT2D eigenvalue weighted by molar-refractivity contribution is 0.396. The fourth-order valence-corrected chi connectivity index (χ4v) is 2.66. The molecule has 0 spiro atoms. The van der Waals surface area contributed by atoms with E-state index >= 15 is 0 Å². The van der Waals surface area contributed by atoms with Crippen LogP contribution in [0.2, 0.25) is 0 Å². The molecule has 3 nitrogen and oxygen atoms in total. The molecule has 4 heteroatoms. The van der Waals surface area contributed by atoms with Gasteiger partial charge in [-0.2, -0.15) is 0 Å². The summed E-state index contributed by atoms with van der Waals surface area (Å²) in [6, 6.07) is 8.54. The zero-order valence-electron chi connectivity index (χ0n) is 10.9. The Hall–Kier alpha value is -1.39. The Morgan fingerprint density at radius 1 is 1.22 bits per heavy atom. The van der Waals surface area contributed by atoms with Gasteiger partial charge in [0, 0.05) is 23.0 Å². The maximum atomic E-state index is 5.39. The molecule has 0 radical (unpaired) electrons. The molecule has 96 valence electrons. The molecule has 2 atom stereocenters. The Morgan fingerprint density at radius 2 is 2.00 bits per heavy atom. The van der Waals surface area contributed by atoms with Gasteiger partial charge >= 0.3 is 0 Å². The number of methoxy groups -OCH3 is 1. The molecule has 0 saturated heterocycles. The Balaban J connectivity index is 2.09. The van der Waals surface area contributed by atoms with E-state index in [2.05, 4.69) is 35.6 Å². The molecule has 1 aromatic carbocycles. The summed E-state index contributed by atoms with van der Waals surface area (Å²) in [6.45, 7) is 4.27. The first-order chi connectivity index (χ1) is 8.72. The van der Waals surface area contributed by atoms with Crippen molar-refractivity contribution in [2.75, 3.05) is 7.11 Å². The molecule has 2 rings (SSSR count). The van der Waals surface area contributed by atoms with Gasteiger partial charge in [-0.1, -0.05) is 18.2 Å². The van der Waals surface area contributed by atoms with E-state index in [1.807, 2.05) is 23.7 Å². The van der Waals surface area contributed by atoms with E-state index in [0.29, 0.717) is 0 Å². The topological polar surface area (TPSA) is 34.1 Å². The molecule has 18 heavy (non-hydrogen) atoms. The Morgan fingerprint density at radius 3 is 2.67 bits per heavy atom. The summed E-state index contributed by atoms with van der Waals surface area (Å²) in [4.78, 5) is 4.33. The summed E-state index contributed by atoms with van der Waals surface area (Å²) in [5.74, 6) is 0.919. The third-order valence-corrected chi connectivity index (χ3v) is 3.61. The van der Waals surface area contributed by atoms with Crippen molar-refractivity contribution in [2.24, 2.45) is 0 Å². The third-order valence-electron chi connectivity index (χ3n) is 3.00. The fraction of sp³-hybridized carbons (Fsp3) is 0.357. The van der Waals surface area contributed by atoms with Gasteiger partial charge in [-0.15, -0.1) is 11.3 Å². The summed E-state index contributed by atoms with van der Waals surface area (Å²) in [5.41, 5.74) is 4.12. The summed E-state index contributed by atoms with van der Waals surface area (Å²) in [7, 11) is 1.70. The van der Waals surface area contributed by atoms with Crippen LogP contribution < -0.4 is 10.1 Å². The Kier molecular flexibility index (Phi) is 4.33. The van der Waals surface area contributed by atoms with Crippen molar-refractivity contribution in [1.82, 2.24) is 10.3 Å². The molecule has 0 aliphatic rings. The number of para-hydroxylation sites is 1. The molecule has 0 amide bonds. The van der Waals surface area contributed by atoms with E-state index in [0.717, 1.165) is 11.4 Å². The molecule has 0 bridgehead atoms. The first-order valence-electron chi connectivity index (χ1n) is 5.99. The molecule has 2 aromatic rings. The summed E-state index contributed by atoms with van der Waals surface area (Å²) < 4.78 is 5.39. The van der Waals surface area contributed by atoms with Gasteiger partial charge in [-0.3, -0.25) is 0 Å². The second kappa shape index (κ2) is 5.98. The van der Waals surface area contributed by atoms with E-state index in [4.69, 9.17) is 4.74 Å². The standard InChI is InChI=1S/C14H18N2OS/c1-10(12-6-4-5-7-14(12)17-3)16-11(2)13-8-18-9-15-13/h4-11,16H,1-3H3. The highest BCUT2D eigenvalue weighted by Gasteiger charge is 2.15. The average Bonchev–Trinajstić information content (AvgIpc) is 2.92. The van der Waals surface area contributed by atoms with Crippen molar-refractivity contribution in [1.29, 1.82) is 0 Å². The first-order valence-corrected chi connectivity index (χ1v) is 6.93. The van der Waals surface area contributed by atoms with Crippen LogP contribution in [0.4, 0.5) is 0 Å². The van der Waals surface area contributed by atoms with Crippen molar-refractivity contribution in [2.45, 2.75) is 25.9 Å². The van der Waals surface area contributed by atoms with Gasteiger partial charge in [0.25, 0.3) is 0 Å². The zero-order valence-corrected chi connectivity index (χ0v) is 11.7. The maximum Gasteiger partial charge on any atom is 0.123 e. The van der Waals surface area contributed by atoms with Crippen LogP contribution in [0.15, 0.2) is 35.2 Å². The van der Waals surface area contributed by atoms with E-state index in [9.17, 15) is 0 Å². The number of rotatable bonds is 5. The van der Waals surface area contributed by atoms with Gasteiger partial charge in [0.15, 0.2) is 0 Å². The number of nitrogens with one attached hydrogen (secondary N) is 1. The van der Waals surface area contributed by atoms with Crippen molar-refractivity contribution in [3.63, 3.8) is 0 Å². The monoisotopic (exact) mass is 262 g/mol. The minimum Gasteiger partial charge on any atom is -0.496 e. The number of nitrogens with zero attached hydrogens (tertiary/aromatic N) is 1. The van der Waals surface area contributed by atoms with Gasteiger partial charge in [0.05, 0.1) is 18.3 Å². The number of thiazole rings is 1. The van der Waals surface area contributed by atoms with E-state index in [1.54, 1.807) is 18.4 Å². The maximum absolute atomic E-state index is 5.39. The van der Waals surface area contributed by atoms with Crippen LogP contribution in [0.3, 0.4) is 0 Å². The SMILES string of the molecule is COc1ccccc1C(C)NC(C)c1cscn1. The van der Waals surface area contributed by atoms with Crippen LogP contribution in [-0.4, -0.2) is 12.1 Å². The minimum atomic E-state index is 0.220. The molecule has 0 saturated carbocycles. The number of benzene rings is 1. The van der Waals surface area contributed by atoms with Gasteiger partial charge in [-0.25, -0.2) is 4.98 Å². The van der Waals surface area contributed by atoms with Crippen LogP contribution in [0.5, 0.6) is 5.75 Å². The lowest BCUT2D eigenvalue weighted by atomic mass is 10.1. The number of hydrogen-bond donors (Lipinski definition) is 1. The van der Waals surface area contributed by atoms with Crippen LogP contribution in [0.1, 0.15) is 37.2 Å². The van der Waals surface area contributed by atoms with E-state index in [-0.39, 0.29) is 12.1 Å². The highest BCUT2D eigenvalue weighted by molar-refractivity contribution is 7.07. The predicted octanol–water partition coefficient (Wildman–Crippen LogP) is 3.56. The molecule has 1 N–H and O–H groups in total. The van der Waals surface area contributed by atoms with Crippen LogP contribution in [0.25, 0.3) is 0 Å². The summed E-state index contributed by atoms with van der Waals surface area (Å²) >= 11 is 1.62. The smallest absolute Gasteiger partial charge is 0.123 e. The number of ether oxygens (including phenoxy) is 1. The number of aromatic nitrogens is 1. The van der Waals surface area contributed by atoms with Crippen LogP contribution >= 0.6 is 11.3 Å². The first kappa shape index (κ1) is 13.1. The van der Waals surface area contributed by atoms with Crippen LogP contribution in [0, 0.1) is 0 Å². The normalized spacial score (nSPS) is 14.2. The second-order valence-corrected chi connectivity index (χ2v) is 4.98. The largest absolute Gasteiger partial charge is 0.496 e. The van der Waals surface area contributed by atoms with Gasteiger partial charge in [0.1, 0.15) is 5.75 Å². The molecule has 1 heterocycles. The van der Waals surface area contributed by atoms with Gasteiger partial charge < -0.3 is 10.1 Å². The van der Waals surface area contributed by atoms with Gasteiger partial charge in [-0.05, 0) is 19.9 Å². The third kappa shape index (κ3) is 2.89. The Labute approximate surface area is 112 Å². The summed E-state index contributed by atoms with van der Waals surface area (Å²) in [5, 5.41) is 5.61. The van der Waals surface area contributed by atoms with E-state index in [1.165, 1.54) is 5.56 Å². The highest BCUT2D eigenvalue weighted by Crippen LogP contribution is 2.26. The molecule has 2 unspecified atom stereocenters. The predicted molar refractivity (Wildman–Crippen MR) is 75.1 cm³/mol. The summed E-state index contributed by atoms with van der Waals surface area (Å²) in [6.07, 6.45) is 0. The van der Waals surface area contributed by atoms with Crippen molar-refractivity contribution in [3.8, 4) is 5.75 Å². The quantitative estimate of drug-likeness (QED) is 0.894. The molecule has 1 aromatic heterocycles.